The van der Waals surface area contributed by atoms with E-state index in [2.05, 4.69) is 22.5 Å². The number of carboxylic acid groups (broad SMARTS) is 1. The van der Waals surface area contributed by atoms with Crippen molar-refractivity contribution in [1.29, 1.82) is 0 Å². The fraction of sp³-hybridized carbons (Fsp3) is 0.182. The number of carboxylic acids is 1. The molecule has 0 amide bonds. The maximum absolute atomic E-state index is 10.9. The molecule has 1 rings (SSSR count). The summed E-state index contributed by atoms with van der Waals surface area (Å²) in [4.78, 5) is 10.9. The minimum Gasteiger partial charge on any atom is -0.487 e. The maximum atomic E-state index is 10.9. The van der Waals surface area contributed by atoms with Crippen molar-refractivity contribution in [1.82, 2.24) is 0 Å². The van der Waals surface area contributed by atoms with E-state index >= 15 is 0 Å². The third-order valence-corrected chi connectivity index (χ3v) is 1.98. The van der Waals surface area contributed by atoms with Gasteiger partial charge < -0.3 is 9.84 Å². The zero-order valence-corrected chi connectivity index (χ0v) is 9.87. The summed E-state index contributed by atoms with van der Waals surface area (Å²) in [6, 6.07) is 5.03. The first kappa shape index (κ1) is 11.8. The van der Waals surface area contributed by atoms with E-state index < -0.39 is 5.97 Å². The zero-order chi connectivity index (χ0) is 11.4. The van der Waals surface area contributed by atoms with Gasteiger partial charge in [0.15, 0.2) is 0 Å². The Balaban J connectivity index is 2.95. The number of aromatic carboxylic acids is 1. The Kier molecular flexibility index (Phi) is 3.91. The van der Waals surface area contributed by atoms with Gasteiger partial charge in [-0.15, -0.1) is 0 Å². The smallest absolute Gasteiger partial charge is 0.339 e. The lowest BCUT2D eigenvalue weighted by Gasteiger charge is -2.08. The summed E-state index contributed by atoms with van der Waals surface area (Å²) in [6.45, 7) is 5.69. The van der Waals surface area contributed by atoms with Gasteiger partial charge in [-0.2, -0.15) is 0 Å². The summed E-state index contributed by atoms with van der Waals surface area (Å²) in [6.07, 6.45) is 0. The van der Waals surface area contributed by atoms with Gasteiger partial charge in [0.2, 0.25) is 0 Å². The lowest BCUT2D eigenvalue weighted by atomic mass is 10.1. The lowest BCUT2D eigenvalue weighted by Crippen LogP contribution is -2.04. The lowest BCUT2D eigenvalue weighted by molar-refractivity contribution is 0.0692. The highest BCUT2D eigenvalue weighted by Gasteiger charge is 2.11. The molecule has 0 saturated heterocycles. The molecular formula is C11H11BrO3. The van der Waals surface area contributed by atoms with Crippen molar-refractivity contribution >= 4 is 21.9 Å². The monoisotopic (exact) mass is 270 g/mol. The molecule has 80 valence electrons. The van der Waals surface area contributed by atoms with Gasteiger partial charge in [0.05, 0.1) is 0 Å². The van der Waals surface area contributed by atoms with Crippen molar-refractivity contribution in [3.63, 3.8) is 0 Å². The summed E-state index contributed by atoms with van der Waals surface area (Å²) < 4.78 is 5.95. The summed E-state index contributed by atoms with van der Waals surface area (Å²) in [5.41, 5.74) is 1.06. The third-order valence-electron chi connectivity index (χ3n) is 1.75. The molecule has 15 heavy (non-hydrogen) atoms. The van der Waals surface area contributed by atoms with E-state index in [9.17, 15) is 4.79 Å². The second kappa shape index (κ2) is 4.98. The van der Waals surface area contributed by atoms with Crippen LogP contribution in [0.3, 0.4) is 0 Å². The fourth-order valence-electron chi connectivity index (χ4n) is 1.09. The molecule has 0 radical (unpaired) electrons. The second-order valence-electron chi connectivity index (χ2n) is 3.11. The van der Waals surface area contributed by atoms with Crippen LogP contribution in [0.4, 0.5) is 0 Å². The van der Waals surface area contributed by atoms with Crippen LogP contribution in [-0.2, 0) is 0 Å². The minimum atomic E-state index is -0.992. The molecule has 1 aromatic rings. The molecule has 0 aromatic heterocycles. The number of ether oxygens (including phenoxy) is 1. The van der Waals surface area contributed by atoms with Crippen LogP contribution in [-0.4, -0.2) is 17.7 Å². The van der Waals surface area contributed by atoms with Crippen LogP contribution < -0.4 is 4.74 Å². The van der Waals surface area contributed by atoms with Gasteiger partial charge in [0, 0.05) is 4.48 Å². The number of hydrogen-bond acceptors (Lipinski definition) is 2. The van der Waals surface area contributed by atoms with E-state index in [0.717, 1.165) is 5.56 Å². The van der Waals surface area contributed by atoms with E-state index in [1.807, 2.05) is 6.92 Å². The third kappa shape index (κ3) is 3.40. The van der Waals surface area contributed by atoms with Gasteiger partial charge in [0.1, 0.15) is 17.9 Å². The molecule has 0 saturated carbocycles. The van der Waals surface area contributed by atoms with Crippen molar-refractivity contribution in [2.75, 3.05) is 6.61 Å². The highest BCUT2D eigenvalue weighted by Crippen LogP contribution is 2.21. The maximum Gasteiger partial charge on any atom is 0.339 e. The highest BCUT2D eigenvalue weighted by atomic mass is 79.9. The Morgan fingerprint density at radius 2 is 2.27 bits per heavy atom. The van der Waals surface area contributed by atoms with E-state index in [1.165, 1.54) is 0 Å². The molecule has 0 heterocycles. The van der Waals surface area contributed by atoms with Crippen LogP contribution in [0.1, 0.15) is 15.9 Å². The molecule has 0 spiro atoms. The zero-order valence-electron chi connectivity index (χ0n) is 8.29. The van der Waals surface area contributed by atoms with Gasteiger partial charge in [-0.3, -0.25) is 0 Å². The van der Waals surface area contributed by atoms with Crippen molar-refractivity contribution in [3.8, 4) is 5.75 Å². The largest absolute Gasteiger partial charge is 0.487 e. The first-order chi connectivity index (χ1) is 7.00. The molecule has 1 N–H and O–H groups in total. The molecule has 0 aliphatic carbocycles. The van der Waals surface area contributed by atoms with E-state index in [0.29, 0.717) is 10.2 Å². The number of benzene rings is 1. The highest BCUT2D eigenvalue weighted by molar-refractivity contribution is 9.11. The van der Waals surface area contributed by atoms with Crippen LogP contribution in [0.15, 0.2) is 29.3 Å². The number of aryl methyl sites for hydroxylation is 1. The van der Waals surface area contributed by atoms with Crippen LogP contribution in [0.5, 0.6) is 5.75 Å². The molecule has 0 unspecified atom stereocenters. The molecule has 0 fully saturated rings. The Morgan fingerprint density at radius 3 is 2.80 bits per heavy atom. The molecule has 3 nitrogen and oxygen atoms in total. The molecule has 0 aliphatic heterocycles. The van der Waals surface area contributed by atoms with Crippen molar-refractivity contribution in [2.24, 2.45) is 0 Å². The van der Waals surface area contributed by atoms with Crippen LogP contribution in [0.25, 0.3) is 0 Å². The van der Waals surface area contributed by atoms with Gasteiger partial charge in [-0.25, -0.2) is 4.79 Å². The molecule has 0 aliphatic rings. The molecule has 4 heteroatoms. The number of hydrogen-bond donors (Lipinski definition) is 1. The predicted octanol–water partition coefficient (Wildman–Crippen LogP) is 2.98. The van der Waals surface area contributed by atoms with Crippen LogP contribution >= 0.6 is 15.9 Å². The minimum absolute atomic E-state index is 0.170. The number of carbonyl (C=O) groups is 1. The van der Waals surface area contributed by atoms with E-state index in [1.54, 1.807) is 18.2 Å². The first-order valence-electron chi connectivity index (χ1n) is 4.30. The van der Waals surface area contributed by atoms with Gasteiger partial charge in [-0.1, -0.05) is 34.1 Å². The summed E-state index contributed by atoms with van der Waals surface area (Å²) in [7, 11) is 0. The second-order valence-corrected chi connectivity index (χ2v) is 4.23. The average Bonchev–Trinajstić information content (AvgIpc) is 2.15. The fourth-order valence-corrected chi connectivity index (χ4v) is 1.21. The average molecular weight is 271 g/mol. The van der Waals surface area contributed by atoms with E-state index in [-0.39, 0.29) is 12.2 Å². The van der Waals surface area contributed by atoms with Crippen molar-refractivity contribution in [3.05, 3.63) is 40.4 Å². The Labute approximate surface area is 96.5 Å². The van der Waals surface area contributed by atoms with Crippen LogP contribution in [0, 0.1) is 6.92 Å². The van der Waals surface area contributed by atoms with Gasteiger partial charge in [0.25, 0.3) is 0 Å². The normalized spacial score (nSPS) is 9.73. The number of rotatable bonds is 4. The quantitative estimate of drug-likeness (QED) is 0.915. The van der Waals surface area contributed by atoms with Gasteiger partial charge >= 0.3 is 5.97 Å². The molecular weight excluding hydrogens is 260 g/mol. The molecule has 1 aromatic carbocycles. The van der Waals surface area contributed by atoms with Gasteiger partial charge in [-0.05, 0) is 19.1 Å². The SMILES string of the molecule is C=C(Br)COc1ccc(C)cc1C(=O)O. The number of halogens is 1. The Morgan fingerprint density at radius 1 is 1.60 bits per heavy atom. The standard InChI is InChI=1S/C11H11BrO3/c1-7-3-4-10(15-6-8(2)12)9(5-7)11(13)14/h3-5H,2,6H2,1H3,(H,13,14). The van der Waals surface area contributed by atoms with Crippen molar-refractivity contribution in [2.45, 2.75) is 6.92 Å². The van der Waals surface area contributed by atoms with Crippen LogP contribution in [0.2, 0.25) is 0 Å². The molecule has 0 bridgehead atoms. The topological polar surface area (TPSA) is 46.5 Å². The summed E-state index contributed by atoms with van der Waals surface area (Å²) in [5, 5.41) is 8.94. The van der Waals surface area contributed by atoms with Crippen molar-refractivity contribution < 1.29 is 14.6 Å². The Hall–Kier alpha value is -1.29. The van der Waals surface area contributed by atoms with E-state index in [4.69, 9.17) is 9.84 Å². The summed E-state index contributed by atoms with van der Waals surface area (Å²) in [5.74, 6) is -0.636. The Bertz CT molecular complexity index is 399. The first-order valence-corrected chi connectivity index (χ1v) is 5.10. The molecule has 0 atom stereocenters. The summed E-state index contributed by atoms with van der Waals surface area (Å²) >= 11 is 3.14. The predicted molar refractivity (Wildman–Crippen MR) is 61.7 cm³/mol.